The number of halogens is 12. The molecule has 291 valence electrons. The van der Waals surface area contributed by atoms with E-state index in [1.165, 1.54) is 11.1 Å². The molecular weight excluding hydrogens is 812 g/mol. The van der Waals surface area contributed by atoms with E-state index in [4.69, 9.17) is 0 Å². The van der Waals surface area contributed by atoms with Gasteiger partial charge in [-0.25, -0.2) is 52.7 Å². The zero-order valence-electron chi connectivity index (χ0n) is 27.6. The van der Waals surface area contributed by atoms with Gasteiger partial charge in [0.25, 0.3) is 0 Å². The minimum absolute atomic E-state index is 0. The van der Waals surface area contributed by atoms with Crippen molar-refractivity contribution in [3.63, 3.8) is 0 Å². The molecular formula is C38H20CuF12O4. The molecule has 5 rings (SSSR count). The second-order valence-corrected chi connectivity index (χ2v) is 10.9. The van der Waals surface area contributed by atoms with Crippen LogP contribution in [0.25, 0.3) is 11.5 Å². The van der Waals surface area contributed by atoms with Gasteiger partial charge in [-0.3, -0.25) is 9.59 Å². The average molecular weight is 832 g/mol. The van der Waals surface area contributed by atoms with Crippen LogP contribution in [0.5, 0.6) is 0 Å². The van der Waals surface area contributed by atoms with Crippen LogP contribution in [0.15, 0.2) is 84.9 Å². The van der Waals surface area contributed by atoms with Crippen molar-refractivity contribution in [1.29, 1.82) is 0 Å². The topological polar surface area (TPSA) is 80.3 Å². The number of allylic oxidation sites excluding steroid dienone is 2. The molecule has 0 aliphatic carbocycles. The van der Waals surface area contributed by atoms with E-state index >= 15 is 0 Å². The molecule has 0 aliphatic rings. The largest absolute Gasteiger partial charge is 2.00 e. The second-order valence-electron chi connectivity index (χ2n) is 10.9. The second kappa shape index (κ2) is 19.5. The van der Waals surface area contributed by atoms with Crippen LogP contribution >= 0.6 is 0 Å². The molecule has 0 saturated heterocycles. The van der Waals surface area contributed by atoms with Crippen LogP contribution in [0.3, 0.4) is 0 Å². The summed E-state index contributed by atoms with van der Waals surface area (Å²) < 4.78 is 158. The van der Waals surface area contributed by atoms with Crippen LogP contribution in [-0.2, 0) is 17.1 Å². The van der Waals surface area contributed by atoms with Crippen LogP contribution < -0.4 is 10.2 Å². The summed E-state index contributed by atoms with van der Waals surface area (Å²) in [5.74, 6) is -24.1. The summed E-state index contributed by atoms with van der Waals surface area (Å²) in [4.78, 5) is 23.3. The van der Waals surface area contributed by atoms with Gasteiger partial charge in [0.15, 0.2) is 11.6 Å². The predicted molar refractivity (Wildman–Crippen MR) is 166 cm³/mol. The molecule has 0 aliphatic heterocycles. The number of benzene rings is 5. The number of hydrogen-bond acceptors (Lipinski definition) is 4. The van der Waals surface area contributed by atoms with Gasteiger partial charge in [-0.2, -0.15) is 0 Å². The van der Waals surface area contributed by atoms with Gasteiger partial charge in [-0.1, -0.05) is 46.9 Å². The fraction of sp³-hybridized carbons (Fsp3) is 0.0526. The van der Waals surface area contributed by atoms with E-state index < -0.39 is 115 Å². The van der Waals surface area contributed by atoms with Crippen LogP contribution in [0.2, 0.25) is 0 Å². The maximum Gasteiger partial charge on any atom is 2.00 e. The predicted octanol–water partition coefficient (Wildman–Crippen LogP) is 8.51. The number of ketones is 2. The van der Waals surface area contributed by atoms with Crippen LogP contribution in [0.1, 0.15) is 43.0 Å². The fourth-order valence-electron chi connectivity index (χ4n) is 4.27. The third kappa shape index (κ3) is 12.1. The first-order valence-electron chi connectivity index (χ1n) is 14.7. The van der Waals surface area contributed by atoms with Gasteiger partial charge < -0.3 is 10.2 Å². The Morgan fingerprint density at radius 1 is 0.400 bits per heavy atom. The molecule has 55 heavy (non-hydrogen) atoms. The monoisotopic (exact) mass is 831 g/mol. The first-order valence-corrected chi connectivity index (χ1v) is 14.7. The Balaban J connectivity index is 0.000000312. The molecule has 5 aromatic rings. The summed E-state index contributed by atoms with van der Waals surface area (Å²) in [6.45, 7) is 4.19. The minimum Gasteiger partial charge on any atom is -0.872 e. The van der Waals surface area contributed by atoms with Gasteiger partial charge >= 0.3 is 17.1 Å². The van der Waals surface area contributed by atoms with Gasteiger partial charge in [0.05, 0.1) is 11.1 Å². The van der Waals surface area contributed by atoms with E-state index in [-0.39, 0.29) is 77.8 Å². The maximum atomic E-state index is 13.4. The van der Waals surface area contributed by atoms with Gasteiger partial charge in [0, 0.05) is 59.7 Å². The van der Waals surface area contributed by atoms with Crippen LogP contribution in [0, 0.1) is 83.7 Å². The van der Waals surface area contributed by atoms with Gasteiger partial charge in [-0.15, -0.1) is 0 Å². The average Bonchev–Trinajstić information content (AvgIpc) is 3.01. The van der Waals surface area contributed by atoms with Crippen LogP contribution in [-0.4, -0.2) is 11.6 Å². The Bertz CT molecular complexity index is 2040. The molecule has 0 atom stereocenters. The normalized spacial score (nSPS) is 11.1. The maximum absolute atomic E-state index is 13.4. The molecule has 0 aromatic heterocycles. The van der Waals surface area contributed by atoms with Gasteiger partial charge in [0.1, 0.15) is 69.8 Å². The Morgan fingerprint density at radius 2 is 0.582 bits per heavy atom. The fourth-order valence-corrected chi connectivity index (χ4v) is 4.27. The third-order valence-electron chi connectivity index (χ3n) is 6.76. The van der Waals surface area contributed by atoms with Gasteiger partial charge in [-0.05, 0) is 26.0 Å². The molecule has 0 spiro atoms. The summed E-state index contributed by atoms with van der Waals surface area (Å²) in [6, 6.07) is 10.1. The van der Waals surface area contributed by atoms with Crippen LogP contribution in [0.4, 0.5) is 52.7 Å². The van der Waals surface area contributed by atoms with E-state index in [2.05, 4.69) is 38.1 Å². The number of rotatable bonds is 6. The number of aryl methyl sites for hydroxylation is 2. The summed E-state index contributed by atoms with van der Waals surface area (Å²) in [7, 11) is 0. The smallest absolute Gasteiger partial charge is 0.872 e. The number of carbonyl (C=O) groups is 2. The van der Waals surface area contributed by atoms with Crippen molar-refractivity contribution >= 4 is 23.1 Å². The first-order chi connectivity index (χ1) is 25.2. The summed E-state index contributed by atoms with van der Waals surface area (Å²) in [6.07, 6.45) is 0.0532. The van der Waals surface area contributed by atoms with E-state index in [1.807, 2.05) is 0 Å². The van der Waals surface area contributed by atoms with Gasteiger partial charge in [0.2, 0.25) is 0 Å². The summed E-state index contributed by atoms with van der Waals surface area (Å²) in [5.41, 5.74) is -2.39. The quantitative estimate of drug-likeness (QED) is 0.0566. The van der Waals surface area contributed by atoms with Crippen molar-refractivity contribution in [2.75, 3.05) is 0 Å². The Morgan fingerprint density at radius 3 is 0.782 bits per heavy atom. The van der Waals surface area contributed by atoms with Crippen molar-refractivity contribution in [1.82, 2.24) is 0 Å². The van der Waals surface area contributed by atoms with Crippen molar-refractivity contribution in [3.8, 4) is 0 Å². The first kappa shape index (κ1) is 45.4. The molecule has 1 radical (unpaired) electrons. The zero-order chi connectivity index (χ0) is 40.6. The molecule has 0 bridgehead atoms. The molecule has 0 amide bonds. The van der Waals surface area contributed by atoms with E-state index in [0.717, 1.165) is 0 Å². The molecule has 0 heterocycles. The summed E-state index contributed by atoms with van der Waals surface area (Å²) in [5, 5.41) is 23.3. The molecule has 5 aromatic carbocycles. The number of hydrogen-bond donors (Lipinski definition) is 0. The van der Waals surface area contributed by atoms with Crippen molar-refractivity contribution < 1.29 is 89.6 Å². The van der Waals surface area contributed by atoms with E-state index in [9.17, 15) is 72.5 Å². The molecule has 0 fully saturated rings. The Labute approximate surface area is 314 Å². The minimum atomic E-state index is -1.59. The van der Waals surface area contributed by atoms with Crippen molar-refractivity contribution in [2.24, 2.45) is 0 Å². The SMILES string of the molecule is Cc1ccc(C)cc1.O=C(/C=C(\[O-])c1c(F)cc(F)cc1F)c1c(F)cc(F)cc1F.O=C(/C=C(\[O-])c1c(F)cc(F)cc1F)c1c(F)cc(F)cc1F.[Cu+2]. The zero-order valence-corrected chi connectivity index (χ0v) is 28.5. The van der Waals surface area contributed by atoms with Crippen molar-refractivity contribution in [2.45, 2.75) is 13.8 Å². The summed E-state index contributed by atoms with van der Waals surface area (Å²) >= 11 is 0. The number of carbonyl (C=O) groups excluding carboxylic acids is 2. The van der Waals surface area contributed by atoms with E-state index in [1.54, 1.807) is 0 Å². The molecule has 0 unspecified atom stereocenters. The standard InChI is InChI=1S/2C15H6F6O2.C8H10.Cu/c2*16-6-1-8(18)14(9(19)2-6)12(22)5-13(23)15-10(20)3-7(17)4-11(15)21;1-7-3-5-8(2)6-4-7;/h2*1-5,22H;3-6H,1-2H3;/q;;;+2/p-2/b2*12-5-;;. The Kier molecular flexibility index (Phi) is 16.1. The molecule has 17 heteroatoms. The third-order valence-corrected chi connectivity index (χ3v) is 6.76. The molecule has 0 saturated carbocycles. The Hall–Kier alpha value is -5.80. The molecule has 0 N–H and O–H groups in total. The molecule has 4 nitrogen and oxygen atoms in total. The van der Waals surface area contributed by atoms with E-state index in [0.29, 0.717) is 0 Å². The van der Waals surface area contributed by atoms with Crippen molar-refractivity contribution in [3.05, 3.63) is 188 Å².